The molecule has 0 aliphatic carbocycles. The summed E-state index contributed by atoms with van der Waals surface area (Å²) in [6.45, 7) is -0.166. The second-order valence-corrected chi connectivity index (χ2v) is 5.30. The number of carboxylic acid groups (broad SMARTS) is 1. The minimum atomic E-state index is -0.925. The van der Waals surface area contributed by atoms with Crippen molar-refractivity contribution in [3.05, 3.63) is 82.0 Å². The molecule has 0 amide bonds. The van der Waals surface area contributed by atoms with Crippen molar-refractivity contribution >= 4 is 16.9 Å². The highest BCUT2D eigenvalue weighted by Crippen LogP contribution is 2.19. The van der Waals surface area contributed by atoms with Crippen molar-refractivity contribution in [3.8, 4) is 0 Å². The average Bonchev–Trinajstić information content (AvgIpc) is 3.05. The van der Waals surface area contributed by atoms with Gasteiger partial charge in [-0.15, -0.1) is 0 Å². The van der Waals surface area contributed by atoms with Crippen LogP contribution in [0.3, 0.4) is 0 Å². The molecule has 1 atom stereocenters. The van der Waals surface area contributed by atoms with E-state index < -0.39 is 12.0 Å². The highest BCUT2D eigenvalue weighted by Gasteiger charge is 2.20. The molecular weight excluding hydrogens is 324 g/mol. The maximum Gasteiger partial charge on any atom is 0.352 e. The molecule has 1 aromatic heterocycles. The van der Waals surface area contributed by atoms with Crippen LogP contribution in [0.15, 0.2) is 60.7 Å². The van der Waals surface area contributed by atoms with Gasteiger partial charge in [0.15, 0.2) is 0 Å². The minimum absolute atomic E-state index is 0.164. The summed E-state index contributed by atoms with van der Waals surface area (Å²) in [5.41, 5.74) is 1.73. The molecule has 3 N–H and O–H groups in total. The highest BCUT2D eigenvalue weighted by atomic mass is 16.6. The van der Waals surface area contributed by atoms with E-state index in [0.29, 0.717) is 5.56 Å². The number of aliphatic hydroxyl groups is 1. The van der Waals surface area contributed by atoms with Crippen molar-refractivity contribution in [1.29, 1.82) is 0 Å². The Labute approximate surface area is 143 Å². The van der Waals surface area contributed by atoms with Crippen molar-refractivity contribution in [2.75, 3.05) is 6.61 Å². The summed E-state index contributed by atoms with van der Waals surface area (Å²) in [6, 6.07) is 17.0. The number of nitrogens with zero attached hydrogens (tertiary/aromatic N) is 1. The third-order valence-corrected chi connectivity index (χ3v) is 3.60. The topological polar surface area (TPSA) is 116 Å². The molecule has 7 nitrogen and oxygen atoms in total. The smallest absolute Gasteiger partial charge is 0.352 e. The van der Waals surface area contributed by atoms with Gasteiger partial charge in [0.1, 0.15) is 5.69 Å². The van der Waals surface area contributed by atoms with E-state index in [0.717, 1.165) is 10.9 Å². The zero-order valence-electron chi connectivity index (χ0n) is 13.3. The molecule has 0 spiro atoms. The predicted octanol–water partition coefficient (Wildman–Crippen LogP) is 3.25. The molecular formula is C18H18N2O5. The van der Waals surface area contributed by atoms with Crippen LogP contribution in [0.5, 0.6) is 0 Å². The lowest BCUT2D eigenvalue weighted by molar-refractivity contribution is -0.530. The van der Waals surface area contributed by atoms with Gasteiger partial charge in [-0.3, -0.25) is 10.1 Å². The maximum absolute atomic E-state index is 10.6. The van der Waals surface area contributed by atoms with Gasteiger partial charge in [-0.25, -0.2) is 4.79 Å². The van der Waals surface area contributed by atoms with E-state index in [4.69, 9.17) is 10.2 Å². The van der Waals surface area contributed by atoms with Crippen LogP contribution in [-0.4, -0.2) is 32.7 Å². The number of hydrogen-bond acceptors (Lipinski definition) is 4. The highest BCUT2D eigenvalue weighted by molar-refractivity contribution is 5.93. The van der Waals surface area contributed by atoms with E-state index in [-0.39, 0.29) is 23.6 Å². The summed E-state index contributed by atoms with van der Waals surface area (Å²) in [4.78, 5) is 23.5. The Morgan fingerprint density at radius 3 is 2.32 bits per heavy atom. The SMILES string of the molecule is O=C(O)c1cc2ccccc2[nH]1.O=[N+]([O-])C(CCO)c1ccccc1. The van der Waals surface area contributed by atoms with Gasteiger partial charge in [0.05, 0.1) is 0 Å². The van der Waals surface area contributed by atoms with E-state index in [1.54, 1.807) is 36.4 Å². The molecule has 25 heavy (non-hydrogen) atoms. The first-order chi connectivity index (χ1) is 12.0. The number of aliphatic hydroxyl groups excluding tert-OH is 1. The number of fused-ring (bicyclic) bond motifs is 1. The predicted molar refractivity (Wildman–Crippen MR) is 93.1 cm³/mol. The Kier molecular flexibility index (Phi) is 6.25. The molecule has 3 aromatic rings. The number of rotatable bonds is 5. The number of nitro groups is 1. The molecule has 2 aromatic carbocycles. The zero-order valence-corrected chi connectivity index (χ0v) is 13.3. The van der Waals surface area contributed by atoms with Gasteiger partial charge in [-0.05, 0) is 12.1 Å². The monoisotopic (exact) mass is 342 g/mol. The van der Waals surface area contributed by atoms with Crippen molar-refractivity contribution in [2.45, 2.75) is 12.5 Å². The van der Waals surface area contributed by atoms with Gasteiger partial charge in [0, 0.05) is 34.4 Å². The van der Waals surface area contributed by atoms with Crippen LogP contribution in [0, 0.1) is 10.1 Å². The summed E-state index contributed by atoms with van der Waals surface area (Å²) in [6.07, 6.45) is 0.164. The first kappa shape index (κ1) is 18.2. The van der Waals surface area contributed by atoms with E-state index >= 15 is 0 Å². The lowest BCUT2D eigenvalue weighted by Crippen LogP contribution is -2.11. The molecule has 0 saturated carbocycles. The third-order valence-electron chi connectivity index (χ3n) is 3.60. The normalized spacial score (nSPS) is 11.4. The van der Waals surface area contributed by atoms with Crippen LogP contribution in [0.2, 0.25) is 0 Å². The van der Waals surface area contributed by atoms with E-state index in [9.17, 15) is 14.9 Å². The van der Waals surface area contributed by atoms with Crippen molar-refractivity contribution in [1.82, 2.24) is 4.98 Å². The summed E-state index contributed by atoms with van der Waals surface area (Å²) < 4.78 is 0. The van der Waals surface area contributed by atoms with Gasteiger partial charge in [0.25, 0.3) is 0 Å². The molecule has 0 aliphatic heterocycles. The standard InChI is InChI=1S/C9H11NO3.C9H7NO2/c11-7-6-9(10(12)13)8-4-2-1-3-5-8;11-9(12)8-5-6-3-1-2-4-7(6)10-8/h1-5,9,11H,6-7H2;1-5,10H,(H,11,12). The van der Waals surface area contributed by atoms with Crippen molar-refractivity contribution in [2.24, 2.45) is 0 Å². The van der Waals surface area contributed by atoms with Gasteiger partial charge < -0.3 is 15.2 Å². The fraction of sp³-hybridized carbons (Fsp3) is 0.167. The Balaban J connectivity index is 0.000000181. The first-order valence-electron chi connectivity index (χ1n) is 7.63. The van der Waals surface area contributed by atoms with Gasteiger partial charge in [-0.1, -0.05) is 48.5 Å². The van der Waals surface area contributed by atoms with Gasteiger partial charge in [0.2, 0.25) is 6.04 Å². The van der Waals surface area contributed by atoms with E-state index in [1.807, 2.05) is 24.3 Å². The summed E-state index contributed by atoms with van der Waals surface area (Å²) >= 11 is 0. The lowest BCUT2D eigenvalue weighted by atomic mass is 10.1. The van der Waals surface area contributed by atoms with Crippen LogP contribution in [-0.2, 0) is 0 Å². The number of benzene rings is 2. The average molecular weight is 342 g/mol. The number of nitrogens with one attached hydrogen (secondary N) is 1. The number of aromatic nitrogens is 1. The number of hydrogen-bond donors (Lipinski definition) is 3. The van der Waals surface area contributed by atoms with Crippen LogP contribution in [0.25, 0.3) is 10.9 Å². The number of aromatic carboxylic acids is 1. The number of carboxylic acids is 1. The maximum atomic E-state index is 10.6. The second-order valence-electron chi connectivity index (χ2n) is 5.30. The van der Waals surface area contributed by atoms with Gasteiger partial charge >= 0.3 is 5.97 Å². The molecule has 0 bridgehead atoms. The quantitative estimate of drug-likeness (QED) is 0.486. The third kappa shape index (κ3) is 4.89. The summed E-state index contributed by atoms with van der Waals surface area (Å²) in [7, 11) is 0. The van der Waals surface area contributed by atoms with E-state index in [2.05, 4.69) is 4.98 Å². The zero-order chi connectivity index (χ0) is 18.2. The van der Waals surface area contributed by atoms with Crippen molar-refractivity contribution < 1.29 is 19.9 Å². The molecule has 0 fully saturated rings. The number of H-pyrrole nitrogens is 1. The Hall–Kier alpha value is -3.19. The first-order valence-corrected chi connectivity index (χ1v) is 7.63. The molecule has 130 valence electrons. The molecule has 0 aliphatic rings. The number of carbonyl (C=O) groups is 1. The molecule has 1 heterocycles. The Morgan fingerprint density at radius 1 is 1.12 bits per heavy atom. The molecule has 7 heteroatoms. The minimum Gasteiger partial charge on any atom is -0.477 e. The number of para-hydroxylation sites is 1. The van der Waals surface area contributed by atoms with Crippen LogP contribution < -0.4 is 0 Å². The van der Waals surface area contributed by atoms with Gasteiger partial charge in [-0.2, -0.15) is 0 Å². The lowest BCUT2D eigenvalue weighted by Gasteiger charge is -2.07. The Bertz CT molecular complexity index is 812. The fourth-order valence-corrected chi connectivity index (χ4v) is 2.38. The van der Waals surface area contributed by atoms with Crippen LogP contribution in [0.4, 0.5) is 0 Å². The Morgan fingerprint density at radius 2 is 1.76 bits per heavy atom. The second kappa shape index (κ2) is 8.60. The van der Waals surface area contributed by atoms with Crippen LogP contribution >= 0.6 is 0 Å². The molecule has 0 radical (unpaired) electrons. The fourth-order valence-electron chi connectivity index (χ4n) is 2.38. The number of aromatic amines is 1. The molecule has 1 unspecified atom stereocenters. The summed E-state index contributed by atoms with van der Waals surface area (Å²) in [5, 5.41) is 28.8. The molecule has 3 rings (SSSR count). The summed E-state index contributed by atoms with van der Waals surface area (Å²) in [5.74, 6) is -0.925. The molecule has 0 saturated heterocycles. The largest absolute Gasteiger partial charge is 0.477 e. The van der Waals surface area contributed by atoms with Crippen molar-refractivity contribution in [3.63, 3.8) is 0 Å². The van der Waals surface area contributed by atoms with E-state index in [1.165, 1.54) is 0 Å². The van der Waals surface area contributed by atoms with Crippen LogP contribution in [0.1, 0.15) is 28.5 Å².